The van der Waals surface area contributed by atoms with E-state index >= 15 is 0 Å². The number of aryl methyl sites for hydroxylation is 4. The van der Waals surface area contributed by atoms with Crippen LogP contribution < -0.4 is 0 Å². The van der Waals surface area contributed by atoms with Crippen LogP contribution in [0.4, 0.5) is 0 Å². The van der Waals surface area contributed by atoms with E-state index in [-0.39, 0.29) is 0 Å². The van der Waals surface area contributed by atoms with E-state index in [0.29, 0.717) is 0 Å². The highest BCUT2D eigenvalue weighted by Gasteiger charge is 1.95. The van der Waals surface area contributed by atoms with Crippen LogP contribution in [0.3, 0.4) is 0 Å². The van der Waals surface area contributed by atoms with Crippen LogP contribution in [0.1, 0.15) is 22.3 Å². The third-order valence-corrected chi connectivity index (χ3v) is 4.40. The summed E-state index contributed by atoms with van der Waals surface area (Å²) in [6.45, 7) is 0. The van der Waals surface area contributed by atoms with Gasteiger partial charge in [0.15, 0.2) is 0 Å². The molecule has 0 bridgehead atoms. The quantitative estimate of drug-likeness (QED) is 0.502. The van der Waals surface area contributed by atoms with Crippen molar-refractivity contribution in [3.63, 3.8) is 0 Å². The van der Waals surface area contributed by atoms with Crippen molar-refractivity contribution in [2.75, 3.05) is 0 Å². The zero-order chi connectivity index (χ0) is 19.3. The molecule has 0 fully saturated rings. The van der Waals surface area contributed by atoms with E-state index in [2.05, 4.69) is 68.5 Å². The fraction of sp³-hybridized carbons (Fsp3) is 0.167. The Balaban J connectivity index is 0.000000161. The Kier molecular flexibility index (Phi) is 7.84. The Bertz CT molecular complexity index is 740. The Morgan fingerprint density at radius 2 is 0.500 bits per heavy atom. The minimum absolute atomic E-state index is 1.06. The van der Waals surface area contributed by atoms with Gasteiger partial charge in [0.05, 0.1) is 0 Å². The lowest BCUT2D eigenvalue weighted by Gasteiger charge is -2.00. The second kappa shape index (κ2) is 11.3. The number of pyridine rings is 4. The molecule has 28 heavy (non-hydrogen) atoms. The number of aromatic nitrogens is 4. The molecule has 4 nitrogen and oxygen atoms in total. The van der Waals surface area contributed by atoms with E-state index in [1.54, 1.807) is 0 Å². The normalized spacial score (nSPS) is 10.0. The molecule has 0 saturated heterocycles. The fourth-order valence-corrected chi connectivity index (χ4v) is 2.78. The maximum Gasteiger partial charge on any atom is 0.0270 e. The summed E-state index contributed by atoms with van der Waals surface area (Å²) in [6, 6.07) is 16.5. The Morgan fingerprint density at radius 3 is 0.679 bits per heavy atom. The van der Waals surface area contributed by atoms with Gasteiger partial charge in [-0.3, -0.25) is 19.9 Å². The van der Waals surface area contributed by atoms with Crippen LogP contribution in [0.25, 0.3) is 0 Å². The molecule has 0 unspecified atom stereocenters. The Hall–Kier alpha value is -3.40. The summed E-state index contributed by atoms with van der Waals surface area (Å²) in [6.07, 6.45) is 18.9. The maximum atomic E-state index is 3.99. The summed E-state index contributed by atoms with van der Waals surface area (Å²) in [5.74, 6) is 0. The van der Waals surface area contributed by atoms with Crippen molar-refractivity contribution in [2.45, 2.75) is 25.7 Å². The molecular formula is C24H24N4. The van der Waals surface area contributed by atoms with Crippen LogP contribution in [0.5, 0.6) is 0 Å². The average molecular weight is 368 g/mol. The predicted molar refractivity (Wildman–Crippen MR) is 112 cm³/mol. The first-order valence-corrected chi connectivity index (χ1v) is 9.46. The van der Waals surface area contributed by atoms with Gasteiger partial charge in [0, 0.05) is 49.6 Å². The lowest BCUT2D eigenvalue weighted by Crippen LogP contribution is -1.91. The molecule has 0 radical (unpaired) electrons. The highest BCUT2D eigenvalue weighted by Crippen LogP contribution is 2.05. The summed E-state index contributed by atoms with van der Waals surface area (Å²) in [5, 5.41) is 0. The summed E-state index contributed by atoms with van der Waals surface area (Å²) < 4.78 is 0. The summed E-state index contributed by atoms with van der Waals surface area (Å²) in [5.41, 5.74) is 5.32. The zero-order valence-electron chi connectivity index (χ0n) is 15.9. The van der Waals surface area contributed by atoms with Crippen LogP contribution in [0, 0.1) is 0 Å². The molecule has 4 rings (SSSR count). The van der Waals surface area contributed by atoms with Crippen molar-refractivity contribution in [3.05, 3.63) is 120 Å². The van der Waals surface area contributed by atoms with Crippen molar-refractivity contribution in [1.82, 2.24) is 19.9 Å². The molecule has 0 aliphatic carbocycles. The first-order chi connectivity index (χ1) is 13.9. The van der Waals surface area contributed by atoms with Gasteiger partial charge in [0.1, 0.15) is 0 Å². The molecule has 0 aromatic carbocycles. The highest BCUT2D eigenvalue weighted by atomic mass is 14.6. The van der Waals surface area contributed by atoms with Crippen LogP contribution >= 0.6 is 0 Å². The van der Waals surface area contributed by atoms with Crippen LogP contribution in [-0.2, 0) is 25.7 Å². The minimum Gasteiger partial charge on any atom is -0.265 e. The number of nitrogens with zero attached hydrogens (tertiary/aromatic N) is 4. The molecule has 140 valence electrons. The van der Waals surface area contributed by atoms with Gasteiger partial charge in [-0.15, -0.1) is 0 Å². The van der Waals surface area contributed by atoms with Gasteiger partial charge in [0.25, 0.3) is 0 Å². The van der Waals surface area contributed by atoms with Crippen molar-refractivity contribution in [1.29, 1.82) is 0 Å². The van der Waals surface area contributed by atoms with Crippen molar-refractivity contribution < 1.29 is 0 Å². The standard InChI is InChI=1S/2C12H12N2/c2*1(11-3-7-13-8-4-11)2-12-5-9-14-10-6-12/h2*3-10H,1-2H2. The minimum atomic E-state index is 1.06. The van der Waals surface area contributed by atoms with Gasteiger partial charge in [-0.1, -0.05) is 0 Å². The van der Waals surface area contributed by atoms with Crippen LogP contribution in [0.2, 0.25) is 0 Å². The predicted octanol–water partition coefficient (Wildman–Crippen LogP) is 4.52. The Labute approximate surface area is 166 Å². The molecule has 0 aliphatic heterocycles. The van der Waals surface area contributed by atoms with Crippen LogP contribution in [-0.4, -0.2) is 19.9 Å². The molecule has 0 atom stereocenters. The molecule has 4 aromatic heterocycles. The number of hydrogen-bond donors (Lipinski definition) is 0. The zero-order valence-corrected chi connectivity index (χ0v) is 15.9. The average Bonchev–Trinajstić information content (AvgIpc) is 2.80. The third kappa shape index (κ3) is 7.08. The lowest BCUT2D eigenvalue weighted by atomic mass is 10.1. The largest absolute Gasteiger partial charge is 0.265 e. The summed E-state index contributed by atoms with van der Waals surface area (Å²) >= 11 is 0. The van der Waals surface area contributed by atoms with Gasteiger partial charge in [-0.2, -0.15) is 0 Å². The van der Waals surface area contributed by atoms with Gasteiger partial charge < -0.3 is 0 Å². The van der Waals surface area contributed by atoms with E-state index in [9.17, 15) is 0 Å². The summed E-state index contributed by atoms with van der Waals surface area (Å²) in [7, 11) is 0. The van der Waals surface area contributed by atoms with Crippen LogP contribution in [0.15, 0.2) is 98.1 Å². The molecule has 0 spiro atoms. The number of hydrogen-bond acceptors (Lipinski definition) is 4. The van der Waals surface area contributed by atoms with Crippen molar-refractivity contribution in [3.8, 4) is 0 Å². The van der Waals surface area contributed by atoms with E-state index in [1.165, 1.54) is 22.3 Å². The van der Waals surface area contributed by atoms with E-state index in [0.717, 1.165) is 25.7 Å². The maximum absolute atomic E-state index is 3.99. The van der Waals surface area contributed by atoms with E-state index in [1.807, 2.05) is 49.6 Å². The topological polar surface area (TPSA) is 51.6 Å². The van der Waals surface area contributed by atoms with Gasteiger partial charge in [-0.25, -0.2) is 0 Å². The van der Waals surface area contributed by atoms with E-state index in [4.69, 9.17) is 0 Å². The van der Waals surface area contributed by atoms with Gasteiger partial charge in [-0.05, 0) is 96.5 Å². The molecular weight excluding hydrogens is 344 g/mol. The summed E-state index contributed by atoms with van der Waals surface area (Å²) in [4.78, 5) is 16.0. The second-order valence-electron chi connectivity index (χ2n) is 6.42. The van der Waals surface area contributed by atoms with E-state index < -0.39 is 0 Å². The fourth-order valence-electron chi connectivity index (χ4n) is 2.78. The first-order valence-electron chi connectivity index (χ1n) is 9.46. The number of rotatable bonds is 6. The van der Waals surface area contributed by atoms with Gasteiger partial charge >= 0.3 is 0 Å². The molecule has 0 aliphatic rings. The highest BCUT2D eigenvalue weighted by molar-refractivity contribution is 5.16. The monoisotopic (exact) mass is 368 g/mol. The Morgan fingerprint density at radius 1 is 0.321 bits per heavy atom. The molecule has 4 heteroatoms. The molecule has 0 amide bonds. The molecule has 0 saturated carbocycles. The second-order valence-corrected chi connectivity index (χ2v) is 6.42. The smallest absolute Gasteiger partial charge is 0.0270 e. The molecule has 4 heterocycles. The molecule has 4 aromatic rings. The first kappa shape index (κ1) is 19.4. The van der Waals surface area contributed by atoms with Crippen molar-refractivity contribution >= 4 is 0 Å². The molecule has 0 N–H and O–H groups in total. The lowest BCUT2D eigenvalue weighted by molar-refractivity contribution is 0.951. The van der Waals surface area contributed by atoms with Crippen molar-refractivity contribution in [2.24, 2.45) is 0 Å². The SMILES string of the molecule is c1cc(CCc2ccncc2)ccn1.c1cc(CCc2ccncc2)ccn1. The third-order valence-electron chi connectivity index (χ3n) is 4.40. The van der Waals surface area contributed by atoms with Gasteiger partial charge in [0.2, 0.25) is 0 Å².